The molecular weight excluding hydrogens is 390 g/mol. The van der Waals surface area contributed by atoms with Crippen molar-refractivity contribution in [3.8, 4) is 22.6 Å². The fraction of sp³-hybridized carbons (Fsp3) is 0.0455. The maximum Gasteiger partial charge on any atom is 0.286 e. The van der Waals surface area contributed by atoms with Crippen LogP contribution in [0, 0.1) is 11.6 Å². The van der Waals surface area contributed by atoms with Crippen LogP contribution in [0.3, 0.4) is 0 Å². The molecule has 0 aliphatic carbocycles. The first kappa shape index (κ1) is 19.3. The maximum absolute atomic E-state index is 13.9. The first-order valence-electron chi connectivity index (χ1n) is 8.99. The molecule has 0 fully saturated rings. The molecule has 0 radical (unpaired) electrons. The van der Waals surface area contributed by atoms with Gasteiger partial charge in [-0.1, -0.05) is 30.3 Å². The van der Waals surface area contributed by atoms with Gasteiger partial charge in [0.15, 0.2) is 0 Å². The van der Waals surface area contributed by atoms with Crippen LogP contribution in [0.1, 0.15) is 16.2 Å². The Hall–Kier alpha value is -4.07. The lowest BCUT2D eigenvalue weighted by molar-refractivity contribution is 0.0988. The zero-order chi connectivity index (χ0) is 21.1. The van der Waals surface area contributed by atoms with E-state index in [9.17, 15) is 13.6 Å². The fourth-order valence-corrected chi connectivity index (χ4v) is 3.04. The summed E-state index contributed by atoms with van der Waals surface area (Å²) in [6, 6.07) is 17.6. The van der Waals surface area contributed by atoms with E-state index in [0.29, 0.717) is 11.4 Å². The number of hydrogen-bond acceptors (Lipinski definition) is 4. The summed E-state index contributed by atoms with van der Waals surface area (Å²) in [6.45, 7) is -0.130. The minimum atomic E-state index is -0.696. The van der Waals surface area contributed by atoms with E-state index in [1.54, 1.807) is 30.3 Å². The van der Waals surface area contributed by atoms with E-state index in [1.807, 2.05) is 18.2 Å². The molecule has 3 aromatic carbocycles. The van der Waals surface area contributed by atoms with Gasteiger partial charge in [-0.05, 0) is 42.0 Å². The first-order chi connectivity index (χ1) is 14.5. The minimum Gasteiger partial charge on any atom is -0.488 e. The fourth-order valence-electron chi connectivity index (χ4n) is 3.04. The summed E-state index contributed by atoms with van der Waals surface area (Å²) in [4.78, 5) is 15.4. The number of ether oxygens (including phenoxy) is 1. The summed E-state index contributed by atoms with van der Waals surface area (Å²) in [7, 11) is 0. The number of nitrogens with zero attached hydrogens (tertiary/aromatic N) is 3. The van der Waals surface area contributed by atoms with Gasteiger partial charge in [-0.15, -0.1) is 0 Å². The minimum absolute atomic E-state index is 0.0123. The summed E-state index contributed by atoms with van der Waals surface area (Å²) >= 11 is 0. The predicted molar refractivity (Wildman–Crippen MR) is 106 cm³/mol. The summed E-state index contributed by atoms with van der Waals surface area (Å²) in [5, 5.41) is 4.06. The molecule has 0 saturated carbocycles. The lowest BCUT2D eigenvalue weighted by Gasteiger charge is -2.13. The van der Waals surface area contributed by atoms with Crippen molar-refractivity contribution in [3.05, 3.63) is 96.1 Å². The smallest absolute Gasteiger partial charge is 0.286 e. The van der Waals surface area contributed by atoms with Gasteiger partial charge in [0, 0.05) is 11.1 Å². The second-order valence-electron chi connectivity index (χ2n) is 6.43. The Kier molecular flexibility index (Phi) is 5.21. The highest BCUT2D eigenvalue weighted by molar-refractivity contribution is 5.89. The van der Waals surface area contributed by atoms with Crippen LogP contribution in [-0.4, -0.2) is 20.7 Å². The SMILES string of the molecule is NC(=O)c1ncnn1-c1cccc(-c2ccccc2OCc2cc(F)ccc2F)c1. The molecular formula is C22H16F2N4O2. The number of halogens is 2. The van der Waals surface area contributed by atoms with Gasteiger partial charge in [0.1, 0.15) is 30.3 Å². The molecule has 30 heavy (non-hydrogen) atoms. The van der Waals surface area contributed by atoms with Crippen molar-refractivity contribution in [1.82, 2.24) is 14.8 Å². The van der Waals surface area contributed by atoms with Gasteiger partial charge in [0.2, 0.25) is 5.82 Å². The maximum atomic E-state index is 13.9. The number of nitrogens with two attached hydrogens (primary N) is 1. The Morgan fingerprint density at radius 3 is 2.70 bits per heavy atom. The highest BCUT2D eigenvalue weighted by atomic mass is 19.1. The predicted octanol–water partition coefficient (Wildman–Crippen LogP) is 3.89. The van der Waals surface area contributed by atoms with Crippen LogP contribution in [0.15, 0.2) is 73.1 Å². The average Bonchev–Trinajstić information content (AvgIpc) is 3.25. The van der Waals surface area contributed by atoms with Crippen LogP contribution in [0.4, 0.5) is 8.78 Å². The number of hydrogen-bond donors (Lipinski definition) is 1. The quantitative estimate of drug-likeness (QED) is 0.527. The largest absolute Gasteiger partial charge is 0.488 e. The molecule has 0 bridgehead atoms. The molecule has 0 aliphatic heterocycles. The highest BCUT2D eigenvalue weighted by Crippen LogP contribution is 2.31. The molecule has 4 rings (SSSR count). The van der Waals surface area contributed by atoms with Crippen LogP contribution >= 0.6 is 0 Å². The summed E-state index contributed by atoms with van der Waals surface area (Å²) < 4.78 is 34.5. The lowest BCUT2D eigenvalue weighted by Crippen LogP contribution is -2.18. The van der Waals surface area contributed by atoms with Crippen molar-refractivity contribution >= 4 is 5.91 Å². The summed E-state index contributed by atoms with van der Waals surface area (Å²) in [5.74, 6) is -1.26. The van der Waals surface area contributed by atoms with Gasteiger partial charge in [-0.3, -0.25) is 4.79 Å². The monoisotopic (exact) mass is 406 g/mol. The van der Waals surface area contributed by atoms with Gasteiger partial charge < -0.3 is 10.5 Å². The second-order valence-corrected chi connectivity index (χ2v) is 6.43. The molecule has 4 aromatic rings. The Labute approximate surface area is 170 Å². The van der Waals surface area contributed by atoms with E-state index in [1.165, 1.54) is 11.0 Å². The third-order valence-electron chi connectivity index (χ3n) is 4.45. The zero-order valence-corrected chi connectivity index (χ0v) is 15.6. The van der Waals surface area contributed by atoms with Gasteiger partial charge in [-0.25, -0.2) is 18.4 Å². The molecule has 0 aliphatic rings. The van der Waals surface area contributed by atoms with Gasteiger partial charge in [-0.2, -0.15) is 5.10 Å². The molecule has 1 amide bonds. The number of rotatable bonds is 6. The van der Waals surface area contributed by atoms with Crippen LogP contribution < -0.4 is 10.5 Å². The van der Waals surface area contributed by atoms with Gasteiger partial charge in [0.25, 0.3) is 5.91 Å². The Bertz CT molecular complexity index is 1220. The first-order valence-corrected chi connectivity index (χ1v) is 8.99. The molecule has 0 unspecified atom stereocenters. The number of amides is 1. The number of benzene rings is 3. The number of primary amides is 1. The molecule has 0 spiro atoms. The Morgan fingerprint density at radius 1 is 1.03 bits per heavy atom. The number of carbonyl (C=O) groups is 1. The molecule has 150 valence electrons. The molecule has 6 nitrogen and oxygen atoms in total. The van der Waals surface area contributed by atoms with Gasteiger partial charge >= 0.3 is 0 Å². The van der Waals surface area contributed by atoms with E-state index in [-0.39, 0.29) is 18.0 Å². The Morgan fingerprint density at radius 2 is 1.87 bits per heavy atom. The van der Waals surface area contributed by atoms with Gasteiger partial charge in [0.05, 0.1) is 5.69 Å². The van der Waals surface area contributed by atoms with Crippen molar-refractivity contribution in [3.63, 3.8) is 0 Å². The molecule has 1 aromatic heterocycles. The van der Waals surface area contributed by atoms with Crippen molar-refractivity contribution in [2.24, 2.45) is 5.73 Å². The van der Waals surface area contributed by atoms with E-state index in [4.69, 9.17) is 10.5 Å². The van der Waals surface area contributed by atoms with E-state index < -0.39 is 17.5 Å². The third kappa shape index (κ3) is 3.88. The van der Waals surface area contributed by atoms with Crippen LogP contribution in [0.5, 0.6) is 5.75 Å². The summed E-state index contributed by atoms with van der Waals surface area (Å²) in [5.41, 5.74) is 7.56. The number of carbonyl (C=O) groups excluding carboxylic acids is 1. The van der Waals surface area contributed by atoms with E-state index >= 15 is 0 Å². The summed E-state index contributed by atoms with van der Waals surface area (Å²) in [6.07, 6.45) is 1.25. The third-order valence-corrected chi connectivity index (χ3v) is 4.45. The highest BCUT2D eigenvalue weighted by Gasteiger charge is 2.14. The van der Waals surface area contributed by atoms with Crippen molar-refractivity contribution in [2.75, 3.05) is 0 Å². The lowest BCUT2D eigenvalue weighted by atomic mass is 10.0. The molecule has 0 atom stereocenters. The average molecular weight is 406 g/mol. The second kappa shape index (κ2) is 8.12. The Balaban J connectivity index is 1.66. The number of aromatic nitrogens is 3. The van der Waals surface area contributed by atoms with Crippen molar-refractivity contribution in [1.29, 1.82) is 0 Å². The normalized spacial score (nSPS) is 10.7. The van der Waals surface area contributed by atoms with E-state index in [2.05, 4.69) is 10.1 Å². The van der Waals surface area contributed by atoms with Crippen LogP contribution in [0.2, 0.25) is 0 Å². The number of para-hydroxylation sites is 1. The van der Waals surface area contributed by atoms with Crippen LogP contribution in [-0.2, 0) is 6.61 Å². The topological polar surface area (TPSA) is 83.0 Å². The van der Waals surface area contributed by atoms with E-state index in [0.717, 1.165) is 29.3 Å². The van der Waals surface area contributed by atoms with Crippen molar-refractivity contribution in [2.45, 2.75) is 6.61 Å². The van der Waals surface area contributed by atoms with Crippen molar-refractivity contribution < 1.29 is 18.3 Å². The molecule has 0 saturated heterocycles. The standard InChI is InChI=1S/C22H16F2N4O2/c23-16-8-9-19(24)15(10-16)12-30-20-7-2-1-6-18(20)14-4-3-5-17(11-14)28-22(21(25)29)26-13-27-28/h1-11,13H,12H2,(H2,25,29). The van der Waals surface area contributed by atoms with Crippen LogP contribution in [0.25, 0.3) is 16.8 Å². The zero-order valence-electron chi connectivity index (χ0n) is 15.6. The molecule has 1 heterocycles. The molecule has 2 N–H and O–H groups in total. The molecule has 8 heteroatoms.